The fraction of sp³-hybridized carbons (Fsp3) is 0.143. The van der Waals surface area contributed by atoms with E-state index in [4.69, 9.17) is 0 Å². The summed E-state index contributed by atoms with van der Waals surface area (Å²) < 4.78 is 0. The summed E-state index contributed by atoms with van der Waals surface area (Å²) in [7, 11) is 0. The van der Waals surface area contributed by atoms with Gasteiger partial charge >= 0.3 is 0 Å². The van der Waals surface area contributed by atoms with Crippen molar-refractivity contribution in [3.8, 4) is 0 Å². The van der Waals surface area contributed by atoms with E-state index in [-0.39, 0.29) is 35.6 Å². The fourth-order valence-corrected chi connectivity index (χ4v) is 4.56. The van der Waals surface area contributed by atoms with Gasteiger partial charge in [0.15, 0.2) is 0 Å². The van der Waals surface area contributed by atoms with Gasteiger partial charge in [0, 0.05) is 25.2 Å². The zero-order valence-electron chi connectivity index (χ0n) is 20.6. The lowest BCUT2D eigenvalue weighted by Crippen LogP contribution is -2.44. The number of imide groups is 2. The molecule has 2 aliphatic heterocycles. The molecule has 0 unspecified atom stereocenters. The van der Waals surface area contributed by atoms with Crippen molar-refractivity contribution in [3.05, 3.63) is 95.1 Å². The Morgan fingerprint density at radius 2 is 0.789 bits per heavy atom. The molecule has 38 heavy (non-hydrogen) atoms. The molecule has 0 saturated carbocycles. The number of nitrogens with zero attached hydrogens (tertiary/aromatic N) is 4. The first-order valence-electron chi connectivity index (χ1n) is 11.8. The summed E-state index contributed by atoms with van der Waals surface area (Å²) in [5.74, 6) is -2.75. The first-order chi connectivity index (χ1) is 18.2. The quantitative estimate of drug-likeness (QED) is 0.471. The van der Waals surface area contributed by atoms with E-state index in [1.165, 1.54) is 23.6 Å². The molecule has 190 valence electrons. The van der Waals surface area contributed by atoms with Crippen LogP contribution in [0.1, 0.15) is 55.3 Å². The van der Waals surface area contributed by atoms with Crippen LogP contribution in [0.15, 0.2) is 72.8 Å². The number of rotatable bonds is 6. The second-order valence-corrected chi connectivity index (χ2v) is 8.86. The fourth-order valence-electron chi connectivity index (χ4n) is 4.56. The van der Waals surface area contributed by atoms with Crippen LogP contribution >= 0.6 is 0 Å². The van der Waals surface area contributed by atoms with Gasteiger partial charge in [-0.25, -0.2) is 0 Å². The Balaban J connectivity index is 1.36. The summed E-state index contributed by atoms with van der Waals surface area (Å²) in [6.07, 6.45) is 0. The van der Waals surface area contributed by atoms with Crippen LogP contribution in [-0.4, -0.2) is 58.6 Å². The number of hydrogen-bond donors (Lipinski definition) is 0. The molecule has 6 amide bonds. The van der Waals surface area contributed by atoms with E-state index in [1.54, 1.807) is 72.8 Å². The Morgan fingerprint density at radius 3 is 1.03 bits per heavy atom. The molecule has 0 radical (unpaired) electrons. The summed E-state index contributed by atoms with van der Waals surface area (Å²) in [5, 5.41) is 0. The van der Waals surface area contributed by atoms with E-state index < -0.39 is 35.4 Å². The van der Waals surface area contributed by atoms with Crippen LogP contribution in [0.25, 0.3) is 0 Å². The third-order valence-corrected chi connectivity index (χ3v) is 6.56. The Labute approximate surface area is 217 Å². The Morgan fingerprint density at radius 1 is 0.526 bits per heavy atom. The third kappa shape index (κ3) is 4.01. The normalized spacial score (nSPS) is 14.1. The van der Waals surface area contributed by atoms with Crippen molar-refractivity contribution < 1.29 is 28.8 Å². The molecule has 0 fully saturated rings. The van der Waals surface area contributed by atoms with Crippen molar-refractivity contribution in [3.63, 3.8) is 0 Å². The monoisotopic (exact) mass is 510 g/mol. The third-order valence-electron chi connectivity index (χ3n) is 6.56. The van der Waals surface area contributed by atoms with Gasteiger partial charge in [-0.1, -0.05) is 24.3 Å². The van der Waals surface area contributed by atoms with Gasteiger partial charge in [0.05, 0.1) is 22.3 Å². The standard InChI is InChI=1S/C28H22N4O6/c1-17(33)29(15-31-25(35)21-7-3-4-8-22(21)26(31)36)19-11-13-20(14-12-19)30(18(2)34)16-32-27(37)23-9-5-6-10-24(23)28(32)38/h3-14H,15-16H2,1-2H3. The molecule has 3 aromatic rings. The number of amides is 6. The number of anilines is 2. The molecule has 5 rings (SSSR count). The molecule has 10 nitrogen and oxygen atoms in total. The Kier molecular flexibility index (Phi) is 6.08. The smallest absolute Gasteiger partial charge is 0.263 e. The SMILES string of the molecule is CC(=O)N(CN1C(=O)c2ccccc2C1=O)c1ccc(N(CN2C(=O)c3ccccc3C2=O)C(C)=O)cc1. The Bertz CT molecular complexity index is 1350. The highest BCUT2D eigenvalue weighted by Gasteiger charge is 2.38. The van der Waals surface area contributed by atoms with Crippen molar-refractivity contribution in [1.29, 1.82) is 0 Å². The number of hydrogen-bond acceptors (Lipinski definition) is 6. The highest BCUT2D eigenvalue weighted by Crippen LogP contribution is 2.28. The zero-order chi connectivity index (χ0) is 27.1. The summed E-state index contributed by atoms with van der Waals surface area (Å²) in [6.45, 7) is 2.06. The van der Waals surface area contributed by atoms with Crippen LogP contribution < -0.4 is 9.80 Å². The summed E-state index contributed by atoms with van der Waals surface area (Å²) >= 11 is 0. The minimum Gasteiger partial charge on any atom is -0.294 e. The van der Waals surface area contributed by atoms with Crippen LogP contribution in [0.3, 0.4) is 0 Å². The van der Waals surface area contributed by atoms with Crippen LogP contribution in [0.2, 0.25) is 0 Å². The molecule has 0 aliphatic carbocycles. The van der Waals surface area contributed by atoms with Gasteiger partial charge in [0.1, 0.15) is 13.3 Å². The van der Waals surface area contributed by atoms with Gasteiger partial charge in [0.25, 0.3) is 23.6 Å². The summed E-state index contributed by atoms with van der Waals surface area (Å²) in [6, 6.07) is 19.2. The highest BCUT2D eigenvalue weighted by atomic mass is 16.2. The predicted octanol–water partition coefficient (Wildman–Crippen LogP) is 2.90. The van der Waals surface area contributed by atoms with Crippen LogP contribution in [-0.2, 0) is 9.59 Å². The van der Waals surface area contributed by atoms with E-state index in [1.807, 2.05) is 0 Å². The molecule has 2 aliphatic rings. The minimum atomic E-state index is -0.489. The van der Waals surface area contributed by atoms with Crippen molar-refractivity contribution in [2.45, 2.75) is 13.8 Å². The van der Waals surface area contributed by atoms with Crippen molar-refractivity contribution in [2.75, 3.05) is 23.1 Å². The molecular formula is C28H22N4O6. The molecule has 10 heteroatoms. The van der Waals surface area contributed by atoms with Gasteiger partial charge in [-0.05, 0) is 48.5 Å². The van der Waals surface area contributed by atoms with Crippen molar-refractivity contribution >= 4 is 46.8 Å². The zero-order valence-corrected chi connectivity index (χ0v) is 20.6. The molecule has 0 aromatic heterocycles. The topological polar surface area (TPSA) is 115 Å². The molecule has 0 spiro atoms. The summed E-state index contributed by atoms with van der Waals surface area (Å²) in [4.78, 5) is 80.6. The number of fused-ring (bicyclic) bond motifs is 2. The first kappa shape index (κ1) is 24.6. The second kappa shape index (κ2) is 9.40. The summed E-state index contributed by atoms with van der Waals surface area (Å²) in [5.41, 5.74) is 1.90. The van der Waals surface area contributed by atoms with Crippen LogP contribution in [0.4, 0.5) is 11.4 Å². The maximum Gasteiger partial charge on any atom is 0.263 e. The Hall–Kier alpha value is -5.12. The van der Waals surface area contributed by atoms with E-state index in [2.05, 4.69) is 0 Å². The van der Waals surface area contributed by atoms with Gasteiger partial charge in [-0.2, -0.15) is 0 Å². The minimum absolute atomic E-state index is 0.279. The largest absolute Gasteiger partial charge is 0.294 e. The highest BCUT2D eigenvalue weighted by molar-refractivity contribution is 6.22. The van der Waals surface area contributed by atoms with Crippen molar-refractivity contribution in [2.24, 2.45) is 0 Å². The maximum absolute atomic E-state index is 12.8. The molecule has 3 aromatic carbocycles. The molecule has 0 atom stereocenters. The number of benzene rings is 3. The molecular weight excluding hydrogens is 488 g/mol. The van der Waals surface area contributed by atoms with Crippen LogP contribution in [0, 0.1) is 0 Å². The lowest BCUT2D eigenvalue weighted by molar-refractivity contribution is -0.117. The van der Waals surface area contributed by atoms with Gasteiger partial charge < -0.3 is 0 Å². The van der Waals surface area contributed by atoms with E-state index in [0.717, 1.165) is 9.80 Å². The number of carbonyl (C=O) groups excluding carboxylic acids is 6. The second-order valence-electron chi connectivity index (χ2n) is 8.86. The molecule has 0 N–H and O–H groups in total. The first-order valence-corrected chi connectivity index (χ1v) is 11.8. The molecule has 0 saturated heterocycles. The van der Waals surface area contributed by atoms with E-state index in [0.29, 0.717) is 11.4 Å². The molecule has 0 bridgehead atoms. The van der Waals surface area contributed by atoms with E-state index >= 15 is 0 Å². The van der Waals surface area contributed by atoms with Gasteiger partial charge in [-0.3, -0.25) is 48.4 Å². The van der Waals surface area contributed by atoms with Crippen LogP contribution in [0.5, 0.6) is 0 Å². The predicted molar refractivity (Wildman–Crippen MR) is 136 cm³/mol. The molecule has 2 heterocycles. The lowest BCUT2D eigenvalue weighted by atomic mass is 10.1. The van der Waals surface area contributed by atoms with E-state index in [9.17, 15) is 28.8 Å². The van der Waals surface area contributed by atoms with Gasteiger partial charge in [-0.15, -0.1) is 0 Å². The average Bonchev–Trinajstić information content (AvgIpc) is 3.30. The van der Waals surface area contributed by atoms with Gasteiger partial charge in [0.2, 0.25) is 11.8 Å². The average molecular weight is 511 g/mol. The maximum atomic E-state index is 12.8. The lowest BCUT2D eigenvalue weighted by Gasteiger charge is -2.28. The van der Waals surface area contributed by atoms with Crippen molar-refractivity contribution in [1.82, 2.24) is 9.80 Å². The number of carbonyl (C=O) groups is 6.